The Hall–Kier alpha value is -0.940. The van der Waals surface area contributed by atoms with Gasteiger partial charge >= 0.3 is 0 Å². The third-order valence-corrected chi connectivity index (χ3v) is 3.47. The average Bonchev–Trinajstić information content (AvgIpc) is 2.82. The van der Waals surface area contributed by atoms with E-state index < -0.39 is 5.82 Å². The van der Waals surface area contributed by atoms with Gasteiger partial charge in [0.25, 0.3) is 5.89 Å². The summed E-state index contributed by atoms with van der Waals surface area (Å²) in [7, 11) is 0. The van der Waals surface area contributed by atoms with Crippen molar-refractivity contribution >= 4 is 27.5 Å². The molecule has 0 aliphatic heterocycles. The smallest absolute Gasteiger partial charge is 0.260 e. The maximum atomic E-state index is 13.8. The SMILES string of the molecule is CCCC(Cl)c1noc(-c2cccc(Br)c2F)n1. The highest BCUT2D eigenvalue weighted by molar-refractivity contribution is 9.10. The van der Waals surface area contributed by atoms with Gasteiger partial charge in [-0.25, -0.2) is 4.39 Å². The first-order valence-electron chi connectivity index (χ1n) is 5.55. The maximum absolute atomic E-state index is 13.8. The second-order valence-corrected chi connectivity index (χ2v) is 5.20. The monoisotopic (exact) mass is 332 g/mol. The van der Waals surface area contributed by atoms with E-state index in [1.165, 1.54) is 0 Å². The predicted molar refractivity (Wildman–Crippen MR) is 70.9 cm³/mol. The van der Waals surface area contributed by atoms with Crippen LogP contribution in [0.1, 0.15) is 31.0 Å². The lowest BCUT2D eigenvalue weighted by atomic mass is 10.2. The highest BCUT2D eigenvalue weighted by Gasteiger charge is 2.18. The fourth-order valence-corrected chi connectivity index (χ4v) is 2.20. The Kier molecular flexibility index (Phi) is 4.35. The Morgan fingerprint density at radius 2 is 2.28 bits per heavy atom. The Bertz CT molecular complexity index is 547. The molecule has 0 aliphatic rings. The first-order chi connectivity index (χ1) is 8.63. The van der Waals surface area contributed by atoms with Crippen molar-refractivity contribution in [3.63, 3.8) is 0 Å². The van der Waals surface area contributed by atoms with Crippen LogP contribution in [-0.2, 0) is 0 Å². The van der Waals surface area contributed by atoms with E-state index >= 15 is 0 Å². The summed E-state index contributed by atoms with van der Waals surface area (Å²) in [4.78, 5) is 4.13. The standard InChI is InChI=1S/C12H11BrClFN2O/c1-2-4-9(14)11-16-12(18-17-11)7-5-3-6-8(13)10(7)15/h3,5-6,9H,2,4H2,1H3. The highest BCUT2D eigenvalue weighted by atomic mass is 79.9. The summed E-state index contributed by atoms with van der Waals surface area (Å²) in [5.74, 6) is 0.118. The van der Waals surface area contributed by atoms with E-state index in [2.05, 4.69) is 26.1 Å². The van der Waals surface area contributed by atoms with Gasteiger partial charge in [0.05, 0.1) is 15.4 Å². The first kappa shape index (κ1) is 13.5. The van der Waals surface area contributed by atoms with Gasteiger partial charge in [0.1, 0.15) is 5.82 Å². The fourth-order valence-electron chi connectivity index (χ4n) is 1.52. The molecule has 3 nitrogen and oxygen atoms in total. The number of aromatic nitrogens is 2. The van der Waals surface area contributed by atoms with Gasteiger partial charge in [-0.05, 0) is 34.5 Å². The molecule has 0 saturated heterocycles. The summed E-state index contributed by atoms with van der Waals surface area (Å²) in [6, 6.07) is 4.90. The third-order valence-electron chi connectivity index (χ3n) is 2.45. The third kappa shape index (κ3) is 2.72. The summed E-state index contributed by atoms with van der Waals surface area (Å²) in [5.41, 5.74) is 0.267. The van der Waals surface area contributed by atoms with Gasteiger partial charge in [0.2, 0.25) is 0 Å². The van der Waals surface area contributed by atoms with Crippen LogP contribution in [0.15, 0.2) is 27.2 Å². The highest BCUT2D eigenvalue weighted by Crippen LogP contribution is 2.29. The first-order valence-corrected chi connectivity index (χ1v) is 6.78. The topological polar surface area (TPSA) is 38.9 Å². The Labute approximate surface area is 117 Å². The molecule has 0 fully saturated rings. The Balaban J connectivity index is 2.32. The Morgan fingerprint density at radius 3 is 3.00 bits per heavy atom. The van der Waals surface area contributed by atoms with E-state index in [9.17, 15) is 4.39 Å². The van der Waals surface area contributed by atoms with Crippen LogP contribution in [0.3, 0.4) is 0 Å². The number of benzene rings is 1. The van der Waals surface area contributed by atoms with Gasteiger partial charge < -0.3 is 4.52 Å². The van der Waals surface area contributed by atoms with Crippen LogP contribution in [0.2, 0.25) is 0 Å². The number of rotatable bonds is 4. The molecule has 2 rings (SSSR count). The minimum absolute atomic E-state index is 0.144. The fraction of sp³-hybridized carbons (Fsp3) is 0.333. The zero-order chi connectivity index (χ0) is 13.1. The molecule has 1 aromatic carbocycles. The van der Waals surface area contributed by atoms with Crippen LogP contribution < -0.4 is 0 Å². The quantitative estimate of drug-likeness (QED) is 0.760. The molecule has 0 spiro atoms. The lowest BCUT2D eigenvalue weighted by Gasteiger charge is -2.00. The van der Waals surface area contributed by atoms with Crippen LogP contribution in [-0.4, -0.2) is 10.1 Å². The van der Waals surface area contributed by atoms with E-state index in [1.54, 1.807) is 18.2 Å². The molecular formula is C12H11BrClFN2O. The normalized spacial score (nSPS) is 12.7. The molecule has 1 aromatic heterocycles. The van der Waals surface area contributed by atoms with Crippen molar-refractivity contribution in [2.75, 3.05) is 0 Å². The van der Waals surface area contributed by atoms with Crippen molar-refractivity contribution in [1.82, 2.24) is 10.1 Å². The molecule has 1 heterocycles. The van der Waals surface area contributed by atoms with Crippen molar-refractivity contribution in [3.8, 4) is 11.5 Å². The predicted octanol–water partition coefficient (Wildman–Crippen LogP) is 4.72. The van der Waals surface area contributed by atoms with Crippen molar-refractivity contribution in [3.05, 3.63) is 34.3 Å². The van der Waals surface area contributed by atoms with Crippen LogP contribution in [0.5, 0.6) is 0 Å². The average molecular weight is 334 g/mol. The van der Waals surface area contributed by atoms with Gasteiger partial charge in [0, 0.05) is 0 Å². The zero-order valence-electron chi connectivity index (χ0n) is 9.66. The maximum Gasteiger partial charge on any atom is 0.260 e. The molecule has 0 bridgehead atoms. The minimum atomic E-state index is -0.422. The second-order valence-electron chi connectivity index (χ2n) is 3.82. The summed E-state index contributed by atoms with van der Waals surface area (Å²) in [6.45, 7) is 2.02. The molecule has 1 unspecified atom stereocenters. The molecule has 96 valence electrons. The molecule has 0 N–H and O–H groups in total. The Morgan fingerprint density at radius 1 is 1.50 bits per heavy atom. The van der Waals surface area contributed by atoms with Gasteiger partial charge in [-0.15, -0.1) is 11.6 Å². The molecule has 1 atom stereocenters. The summed E-state index contributed by atoms with van der Waals surface area (Å²) >= 11 is 9.20. The molecule has 0 aliphatic carbocycles. The lowest BCUT2D eigenvalue weighted by Crippen LogP contribution is -1.93. The summed E-state index contributed by atoms with van der Waals surface area (Å²) in [5, 5.41) is 3.48. The van der Waals surface area contributed by atoms with Crippen molar-refractivity contribution < 1.29 is 8.91 Å². The zero-order valence-corrected chi connectivity index (χ0v) is 12.0. The van der Waals surface area contributed by atoms with Gasteiger partial charge in [-0.3, -0.25) is 0 Å². The van der Waals surface area contributed by atoms with Crippen LogP contribution in [0.25, 0.3) is 11.5 Å². The van der Waals surface area contributed by atoms with Crippen molar-refractivity contribution in [1.29, 1.82) is 0 Å². The van der Waals surface area contributed by atoms with E-state index in [0.29, 0.717) is 10.3 Å². The van der Waals surface area contributed by atoms with Crippen LogP contribution in [0, 0.1) is 5.82 Å². The second kappa shape index (κ2) is 5.80. The number of hydrogen-bond donors (Lipinski definition) is 0. The minimum Gasteiger partial charge on any atom is -0.334 e. The van der Waals surface area contributed by atoms with E-state index in [0.717, 1.165) is 12.8 Å². The van der Waals surface area contributed by atoms with E-state index in [-0.39, 0.29) is 16.8 Å². The number of hydrogen-bond acceptors (Lipinski definition) is 3. The molecule has 0 saturated carbocycles. The largest absolute Gasteiger partial charge is 0.334 e. The number of nitrogens with zero attached hydrogens (tertiary/aromatic N) is 2. The van der Waals surface area contributed by atoms with Crippen LogP contribution >= 0.6 is 27.5 Å². The molecule has 18 heavy (non-hydrogen) atoms. The van der Waals surface area contributed by atoms with Crippen molar-refractivity contribution in [2.45, 2.75) is 25.1 Å². The molecule has 2 aromatic rings. The number of alkyl halides is 1. The van der Waals surface area contributed by atoms with Gasteiger partial charge in [-0.2, -0.15) is 4.98 Å². The van der Waals surface area contributed by atoms with Crippen LogP contribution in [0.4, 0.5) is 4.39 Å². The van der Waals surface area contributed by atoms with E-state index in [1.807, 2.05) is 6.92 Å². The lowest BCUT2D eigenvalue weighted by molar-refractivity contribution is 0.418. The molecule has 0 radical (unpaired) electrons. The molecular weight excluding hydrogens is 322 g/mol. The summed E-state index contributed by atoms with van der Waals surface area (Å²) < 4.78 is 19.2. The summed E-state index contributed by atoms with van der Waals surface area (Å²) in [6.07, 6.45) is 1.67. The number of halogens is 3. The van der Waals surface area contributed by atoms with Gasteiger partial charge in [-0.1, -0.05) is 24.6 Å². The molecule has 6 heteroatoms. The molecule has 0 amide bonds. The van der Waals surface area contributed by atoms with Crippen molar-refractivity contribution in [2.24, 2.45) is 0 Å². The van der Waals surface area contributed by atoms with Gasteiger partial charge in [0.15, 0.2) is 5.82 Å². The van der Waals surface area contributed by atoms with E-state index in [4.69, 9.17) is 16.1 Å².